The number of rotatable bonds is 7. The van der Waals surface area contributed by atoms with E-state index in [1.807, 2.05) is 30.5 Å². The molecular weight excluding hydrogens is 284 g/mol. The van der Waals surface area contributed by atoms with Crippen molar-refractivity contribution < 1.29 is 4.79 Å². The number of carbonyl (C=O) groups is 1. The summed E-state index contributed by atoms with van der Waals surface area (Å²) in [5.41, 5.74) is 0.687. The van der Waals surface area contributed by atoms with Crippen molar-refractivity contribution in [2.75, 3.05) is 24.7 Å². The van der Waals surface area contributed by atoms with Crippen molar-refractivity contribution in [3.05, 3.63) is 48.3 Å². The van der Waals surface area contributed by atoms with Gasteiger partial charge in [0.25, 0.3) is 5.91 Å². The Bertz CT molecular complexity index is 560. The molecule has 2 aromatic rings. The van der Waals surface area contributed by atoms with Gasteiger partial charge in [0.05, 0.1) is 0 Å². The Morgan fingerprint density at radius 2 is 1.86 bits per heavy atom. The number of amides is 1. The molecule has 2 N–H and O–H groups in total. The molecule has 0 atom stereocenters. The van der Waals surface area contributed by atoms with Crippen LogP contribution in [0.5, 0.6) is 0 Å². The van der Waals surface area contributed by atoms with Crippen LogP contribution in [0, 0.1) is 0 Å². The van der Waals surface area contributed by atoms with E-state index in [2.05, 4.69) is 20.6 Å². The highest BCUT2D eigenvalue weighted by molar-refractivity contribution is 7.98. The second kappa shape index (κ2) is 8.26. The Morgan fingerprint density at radius 3 is 2.52 bits per heavy atom. The molecule has 0 radical (unpaired) electrons. The first-order chi connectivity index (χ1) is 10.3. The molecular formula is C15H18N4OS. The summed E-state index contributed by atoms with van der Waals surface area (Å²) in [7, 11) is 0. The third kappa shape index (κ3) is 5.07. The first-order valence-electron chi connectivity index (χ1n) is 6.73. The van der Waals surface area contributed by atoms with Gasteiger partial charge in [0.2, 0.25) is 5.95 Å². The quantitative estimate of drug-likeness (QED) is 0.607. The van der Waals surface area contributed by atoms with Crippen molar-refractivity contribution in [2.24, 2.45) is 0 Å². The van der Waals surface area contributed by atoms with E-state index in [0.717, 1.165) is 17.9 Å². The first kappa shape index (κ1) is 15.3. The number of aromatic nitrogens is 2. The van der Waals surface area contributed by atoms with E-state index in [1.165, 1.54) is 0 Å². The minimum absolute atomic E-state index is 0.0429. The highest BCUT2D eigenvalue weighted by Crippen LogP contribution is 2.14. The SMILES string of the molecule is CSc1ccc(C(=O)NCCCNc2ncccn2)cc1. The maximum absolute atomic E-state index is 11.9. The highest BCUT2D eigenvalue weighted by atomic mass is 32.2. The predicted molar refractivity (Wildman–Crippen MR) is 85.7 cm³/mol. The highest BCUT2D eigenvalue weighted by Gasteiger charge is 2.04. The monoisotopic (exact) mass is 302 g/mol. The lowest BCUT2D eigenvalue weighted by Gasteiger charge is -2.07. The third-order valence-electron chi connectivity index (χ3n) is 2.84. The largest absolute Gasteiger partial charge is 0.354 e. The first-order valence-corrected chi connectivity index (χ1v) is 7.95. The lowest BCUT2D eigenvalue weighted by atomic mass is 10.2. The van der Waals surface area contributed by atoms with Crippen LogP contribution in [0.25, 0.3) is 0 Å². The number of nitrogens with one attached hydrogen (secondary N) is 2. The summed E-state index contributed by atoms with van der Waals surface area (Å²) < 4.78 is 0. The number of carbonyl (C=O) groups excluding carboxylic acids is 1. The van der Waals surface area contributed by atoms with Crippen molar-refractivity contribution in [3.63, 3.8) is 0 Å². The molecule has 0 fully saturated rings. The van der Waals surface area contributed by atoms with Gasteiger partial charge in [0.1, 0.15) is 0 Å². The van der Waals surface area contributed by atoms with E-state index < -0.39 is 0 Å². The van der Waals surface area contributed by atoms with Gasteiger partial charge in [-0.1, -0.05) is 0 Å². The van der Waals surface area contributed by atoms with Crippen LogP contribution < -0.4 is 10.6 Å². The topological polar surface area (TPSA) is 66.9 Å². The Kier molecular flexibility index (Phi) is 6.02. The fourth-order valence-corrected chi connectivity index (χ4v) is 2.13. The molecule has 21 heavy (non-hydrogen) atoms. The van der Waals surface area contributed by atoms with Crippen LogP contribution in [-0.4, -0.2) is 35.2 Å². The van der Waals surface area contributed by atoms with Crippen LogP contribution in [0.15, 0.2) is 47.6 Å². The van der Waals surface area contributed by atoms with Gasteiger partial charge in [0, 0.05) is 35.9 Å². The molecule has 0 saturated heterocycles. The minimum Gasteiger partial charge on any atom is -0.354 e. The van der Waals surface area contributed by atoms with E-state index in [0.29, 0.717) is 18.1 Å². The maximum Gasteiger partial charge on any atom is 0.251 e. The van der Waals surface area contributed by atoms with E-state index in [4.69, 9.17) is 0 Å². The van der Waals surface area contributed by atoms with Crippen LogP contribution in [0.4, 0.5) is 5.95 Å². The molecule has 1 aromatic heterocycles. The Hall–Kier alpha value is -2.08. The van der Waals surface area contributed by atoms with Gasteiger partial charge in [-0.15, -0.1) is 11.8 Å². The average Bonchev–Trinajstić information content (AvgIpc) is 2.55. The van der Waals surface area contributed by atoms with Crippen molar-refractivity contribution in [3.8, 4) is 0 Å². The van der Waals surface area contributed by atoms with Gasteiger partial charge in [-0.25, -0.2) is 9.97 Å². The van der Waals surface area contributed by atoms with E-state index in [-0.39, 0.29) is 5.91 Å². The number of thioether (sulfide) groups is 1. The van der Waals surface area contributed by atoms with Crippen LogP contribution in [0.2, 0.25) is 0 Å². The van der Waals surface area contributed by atoms with Crippen LogP contribution in [-0.2, 0) is 0 Å². The van der Waals surface area contributed by atoms with Gasteiger partial charge < -0.3 is 10.6 Å². The molecule has 2 rings (SSSR count). The van der Waals surface area contributed by atoms with Gasteiger partial charge >= 0.3 is 0 Å². The normalized spacial score (nSPS) is 10.1. The molecule has 110 valence electrons. The second-order valence-corrected chi connectivity index (χ2v) is 5.22. The molecule has 0 aliphatic rings. The third-order valence-corrected chi connectivity index (χ3v) is 3.58. The lowest BCUT2D eigenvalue weighted by molar-refractivity contribution is 0.0953. The molecule has 0 aliphatic carbocycles. The summed E-state index contributed by atoms with van der Waals surface area (Å²) in [5.74, 6) is 0.565. The molecule has 1 aromatic carbocycles. The molecule has 6 heteroatoms. The van der Waals surface area contributed by atoms with Crippen LogP contribution in [0.3, 0.4) is 0 Å². The number of nitrogens with zero attached hydrogens (tertiary/aromatic N) is 2. The molecule has 0 unspecified atom stereocenters. The van der Waals surface area contributed by atoms with Gasteiger partial charge in [-0.05, 0) is 43.0 Å². The molecule has 0 aliphatic heterocycles. The Labute approximate surface area is 128 Å². The van der Waals surface area contributed by atoms with Gasteiger partial charge in [-0.3, -0.25) is 4.79 Å². The molecule has 0 bridgehead atoms. The Morgan fingerprint density at radius 1 is 1.14 bits per heavy atom. The minimum atomic E-state index is -0.0429. The number of hydrogen-bond acceptors (Lipinski definition) is 5. The Balaban J connectivity index is 1.67. The summed E-state index contributed by atoms with van der Waals surface area (Å²) in [4.78, 5) is 21.2. The number of anilines is 1. The fourth-order valence-electron chi connectivity index (χ4n) is 1.73. The fraction of sp³-hybridized carbons (Fsp3) is 0.267. The summed E-state index contributed by atoms with van der Waals surface area (Å²) in [6, 6.07) is 9.37. The summed E-state index contributed by atoms with van der Waals surface area (Å²) in [6.07, 6.45) is 6.20. The molecule has 5 nitrogen and oxygen atoms in total. The van der Waals surface area contributed by atoms with E-state index >= 15 is 0 Å². The maximum atomic E-state index is 11.9. The smallest absolute Gasteiger partial charge is 0.251 e. The van der Waals surface area contributed by atoms with Crippen molar-refractivity contribution in [2.45, 2.75) is 11.3 Å². The number of hydrogen-bond donors (Lipinski definition) is 2. The second-order valence-electron chi connectivity index (χ2n) is 4.34. The number of benzene rings is 1. The van der Waals surface area contributed by atoms with Crippen LogP contribution in [0.1, 0.15) is 16.8 Å². The van der Waals surface area contributed by atoms with Crippen LogP contribution >= 0.6 is 11.8 Å². The zero-order chi connectivity index (χ0) is 14.9. The molecule has 1 heterocycles. The van der Waals surface area contributed by atoms with E-state index in [1.54, 1.807) is 30.2 Å². The zero-order valence-corrected chi connectivity index (χ0v) is 12.7. The molecule has 0 spiro atoms. The predicted octanol–water partition coefficient (Wildman–Crippen LogP) is 2.43. The zero-order valence-electron chi connectivity index (χ0n) is 11.9. The van der Waals surface area contributed by atoms with Gasteiger partial charge in [-0.2, -0.15) is 0 Å². The van der Waals surface area contributed by atoms with Crippen molar-refractivity contribution in [1.29, 1.82) is 0 Å². The summed E-state index contributed by atoms with van der Waals surface area (Å²) in [6.45, 7) is 1.33. The van der Waals surface area contributed by atoms with Gasteiger partial charge in [0.15, 0.2) is 0 Å². The molecule has 0 saturated carbocycles. The summed E-state index contributed by atoms with van der Waals surface area (Å²) >= 11 is 1.66. The lowest BCUT2D eigenvalue weighted by Crippen LogP contribution is -2.25. The van der Waals surface area contributed by atoms with Crippen molar-refractivity contribution >= 4 is 23.6 Å². The molecule has 1 amide bonds. The van der Waals surface area contributed by atoms with E-state index in [9.17, 15) is 4.79 Å². The standard InChI is InChI=1S/C15H18N4OS/c1-21-13-6-4-12(5-7-13)14(20)16-8-2-9-17-15-18-10-3-11-19-15/h3-7,10-11H,2,8-9H2,1H3,(H,16,20)(H,17,18,19). The van der Waals surface area contributed by atoms with Crippen molar-refractivity contribution in [1.82, 2.24) is 15.3 Å². The average molecular weight is 302 g/mol. The summed E-state index contributed by atoms with van der Waals surface area (Å²) in [5, 5.41) is 5.99.